The van der Waals surface area contributed by atoms with Crippen LogP contribution in [0, 0.1) is 0 Å². The van der Waals surface area contributed by atoms with Gasteiger partial charge in [-0.2, -0.15) is 0 Å². The highest BCUT2D eigenvalue weighted by molar-refractivity contribution is 5.91. The Morgan fingerprint density at radius 1 is 1.28 bits per heavy atom. The second-order valence-corrected chi connectivity index (χ2v) is 3.49. The van der Waals surface area contributed by atoms with Gasteiger partial charge in [-0.1, -0.05) is 0 Å². The van der Waals surface area contributed by atoms with Gasteiger partial charge >= 0.3 is 0 Å². The number of amides is 1. The molecule has 1 rings (SSSR count). The lowest BCUT2D eigenvalue weighted by Crippen LogP contribution is -2.24. The van der Waals surface area contributed by atoms with Crippen molar-refractivity contribution < 1.29 is 19.4 Å². The molecule has 0 saturated heterocycles. The van der Waals surface area contributed by atoms with Gasteiger partial charge in [0.05, 0.1) is 20.8 Å². The molecule has 5 nitrogen and oxygen atoms in total. The summed E-state index contributed by atoms with van der Waals surface area (Å²) < 4.78 is 10.2. The fraction of sp³-hybridized carbons (Fsp3) is 0.308. The van der Waals surface area contributed by atoms with Crippen molar-refractivity contribution in [2.75, 3.05) is 27.4 Å². The predicted molar refractivity (Wildman–Crippen MR) is 68.7 cm³/mol. The molecule has 0 unspecified atom stereocenters. The van der Waals surface area contributed by atoms with E-state index in [-0.39, 0.29) is 19.1 Å². The highest BCUT2D eigenvalue weighted by Crippen LogP contribution is 2.23. The molecule has 5 heteroatoms. The molecule has 1 aromatic carbocycles. The highest BCUT2D eigenvalue weighted by atomic mass is 16.5. The Labute approximate surface area is 106 Å². The van der Waals surface area contributed by atoms with Crippen LogP contribution in [0.15, 0.2) is 24.3 Å². The lowest BCUT2D eigenvalue weighted by molar-refractivity contribution is -0.116. The number of carbonyl (C=O) groups excluding carboxylic acids is 1. The minimum atomic E-state index is -0.258. The third-order valence-corrected chi connectivity index (χ3v) is 2.21. The molecule has 0 atom stereocenters. The van der Waals surface area contributed by atoms with Crippen molar-refractivity contribution in [2.45, 2.75) is 0 Å². The molecular formula is C13H17NO4. The Morgan fingerprint density at radius 2 is 1.89 bits per heavy atom. The second-order valence-electron chi connectivity index (χ2n) is 3.49. The van der Waals surface area contributed by atoms with E-state index in [1.165, 1.54) is 6.08 Å². The summed E-state index contributed by atoms with van der Waals surface area (Å²) in [4.78, 5) is 11.3. The van der Waals surface area contributed by atoms with Crippen molar-refractivity contribution in [1.82, 2.24) is 5.32 Å². The SMILES string of the molecule is COc1cc(/C=C/C(=O)NCCO)cc(OC)c1. The molecule has 0 spiro atoms. The van der Waals surface area contributed by atoms with E-state index in [4.69, 9.17) is 14.6 Å². The number of carbonyl (C=O) groups is 1. The molecule has 0 aliphatic carbocycles. The molecule has 0 heterocycles. The summed E-state index contributed by atoms with van der Waals surface area (Å²) in [5, 5.41) is 11.1. The van der Waals surface area contributed by atoms with E-state index in [1.807, 2.05) is 0 Å². The Kier molecular flexibility index (Phi) is 5.73. The number of benzene rings is 1. The number of rotatable bonds is 6. The van der Waals surface area contributed by atoms with Crippen LogP contribution in [0.25, 0.3) is 6.08 Å². The van der Waals surface area contributed by atoms with Crippen LogP contribution in [0.5, 0.6) is 11.5 Å². The summed E-state index contributed by atoms with van der Waals surface area (Å²) in [7, 11) is 3.13. The Hall–Kier alpha value is -2.01. The Bertz CT molecular complexity index is 407. The number of hydrogen-bond donors (Lipinski definition) is 2. The topological polar surface area (TPSA) is 67.8 Å². The number of nitrogens with one attached hydrogen (secondary N) is 1. The molecule has 0 radical (unpaired) electrons. The van der Waals surface area contributed by atoms with Crippen molar-refractivity contribution in [3.8, 4) is 11.5 Å². The summed E-state index contributed by atoms with van der Waals surface area (Å²) in [6, 6.07) is 5.33. The average molecular weight is 251 g/mol. The third-order valence-electron chi connectivity index (χ3n) is 2.21. The summed E-state index contributed by atoms with van der Waals surface area (Å²) in [6.45, 7) is 0.164. The largest absolute Gasteiger partial charge is 0.497 e. The predicted octanol–water partition coefficient (Wildman–Crippen LogP) is 0.825. The van der Waals surface area contributed by atoms with Gasteiger partial charge in [0.25, 0.3) is 0 Å². The summed E-state index contributed by atoms with van der Waals surface area (Å²) in [5.74, 6) is 1.06. The van der Waals surface area contributed by atoms with E-state index >= 15 is 0 Å². The Balaban J connectivity index is 2.76. The molecule has 1 aromatic rings. The molecule has 1 amide bonds. The summed E-state index contributed by atoms with van der Waals surface area (Å²) >= 11 is 0. The maximum atomic E-state index is 11.3. The molecule has 0 aliphatic heterocycles. The summed E-state index contributed by atoms with van der Waals surface area (Å²) in [5.41, 5.74) is 0.797. The van der Waals surface area contributed by atoms with E-state index in [2.05, 4.69) is 5.32 Å². The highest BCUT2D eigenvalue weighted by Gasteiger charge is 2.00. The van der Waals surface area contributed by atoms with Crippen LogP contribution in [0.1, 0.15) is 5.56 Å². The van der Waals surface area contributed by atoms with Crippen molar-refractivity contribution >= 4 is 12.0 Å². The quantitative estimate of drug-likeness (QED) is 0.735. The monoisotopic (exact) mass is 251 g/mol. The van der Waals surface area contributed by atoms with Crippen molar-refractivity contribution in [3.63, 3.8) is 0 Å². The average Bonchev–Trinajstić information content (AvgIpc) is 2.42. The van der Waals surface area contributed by atoms with Gasteiger partial charge in [0.1, 0.15) is 11.5 Å². The normalized spacial score (nSPS) is 10.4. The molecule has 0 fully saturated rings. The van der Waals surface area contributed by atoms with Crippen LogP contribution in [-0.2, 0) is 4.79 Å². The standard InChI is InChI=1S/C13H17NO4/c1-17-11-7-10(8-12(9-11)18-2)3-4-13(16)14-5-6-15/h3-4,7-9,15H,5-6H2,1-2H3,(H,14,16)/b4-3+. The number of aliphatic hydroxyl groups excluding tert-OH is 1. The van der Waals surface area contributed by atoms with Gasteiger partial charge in [-0.05, 0) is 23.8 Å². The van der Waals surface area contributed by atoms with Crippen molar-refractivity contribution in [1.29, 1.82) is 0 Å². The first kappa shape index (κ1) is 14.1. The van der Waals surface area contributed by atoms with E-state index in [1.54, 1.807) is 38.5 Å². The number of methoxy groups -OCH3 is 2. The van der Waals surface area contributed by atoms with Crippen molar-refractivity contribution in [3.05, 3.63) is 29.8 Å². The molecule has 98 valence electrons. The lowest BCUT2D eigenvalue weighted by atomic mass is 10.2. The van der Waals surface area contributed by atoms with Gasteiger partial charge in [0.15, 0.2) is 0 Å². The van der Waals surface area contributed by atoms with Crippen LogP contribution in [0.4, 0.5) is 0 Å². The van der Waals surface area contributed by atoms with E-state index < -0.39 is 0 Å². The van der Waals surface area contributed by atoms with Crippen LogP contribution >= 0.6 is 0 Å². The zero-order valence-corrected chi connectivity index (χ0v) is 10.5. The molecule has 0 aromatic heterocycles. The fourth-order valence-electron chi connectivity index (χ4n) is 1.34. The molecular weight excluding hydrogens is 234 g/mol. The maximum Gasteiger partial charge on any atom is 0.244 e. The maximum absolute atomic E-state index is 11.3. The first-order chi connectivity index (χ1) is 8.69. The van der Waals surface area contributed by atoms with Crippen LogP contribution in [0.3, 0.4) is 0 Å². The number of aliphatic hydroxyl groups is 1. The number of hydrogen-bond acceptors (Lipinski definition) is 4. The van der Waals surface area contributed by atoms with Gasteiger partial charge in [-0.3, -0.25) is 4.79 Å². The molecule has 0 saturated carbocycles. The third kappa shape index (κ3) is 4.47. The Morgan fingerprint density at radius 3 is 2.39 bits per heavy atom. The van der Waals surface area contributed by atoms with Gasteiger partial charge in [0, 0.05) is 18.7 Å². The first-order valence-electron chi connectivity index (χ1n) is 5.49. The van der Waals surface area contributed by atoms with Crippen LogP contribution in [0.2, 0.25) is 0 Å². The minimum Gasteiger partial charge on any atom is -0.497 e. The number of ether oxygens (including phenoxy) is 2. The van der Waals surface area contributed by atoms with Gasteiger partial charge < -0.3 is 19.9 Å². The van der Waals surface area contributed by atoms with Crippen LogP contribution in [-0.4, -0.2) is 38.4 Å². The fourth-order valence-corrected chi connectivity index (χ4v) is 1.34. The second kappa shape index (κ2) is 7.34. The van der Waals surface area contributed by atoms with E-state index in [0.29, 0.717) is 11.5 Å². The van der Waals surface area contributed by atoms with E-state index in [9.17, 15) is 4.79 Å². The first-order valence-corrected chi connectivity index (χ1v) is 5.49. The van der Waals surface area contributed by atoms with Gasteiger partial charge in [-0.15, -0.1) is 0 Å². The summed E-state index contributed by atoms with van der Waals surface area (Å²) in [6.07, 6.45) is 3.04. The lowest BCUT2D eigenvalue weighted by Gasteiger charge is -2.05. The molecule has 2 N–H and O–H groups in total. The molecule has 0 bridgehead atoms. The zero-order valence-electron chi connectivity index (χ0n) is 10.5. The zero-order chi connectivity index (χ0) is 13.4. The van der Waals surface area contributed by atoms with Gasteiger partial charge in [-0.25, -0.2) is 0 Å². The molecule has 0 aliphatic rings. The smallest absolute Gasteiger partial charge is 0.244 e. The van der Waals surface area contributed by atoms with E-state index in [0.717, 1.165) is 5.56 Å². The van der Waals surface area contributed by atoms with Crippen molar-refractivity contribution in [2.24, 2.45) is 0 Å². The van der Waals surface area contributed by atoms with Gasteiger partial charge in [0.2, 0.25) is 5.91 Å². The van der Waals surface area contributed by atoms with Crippen LogP contribution < -0.4 is 14.8 Å². The molecule has 18 heavy (non-hydrogen) atoms. The minimum absolute atomic E-state index is 0.0768.